The molecule has 9 heteroatoms. The third kappa shape index (κ3) is 2.83. The Balaban J connectivity index is 1.30. The number of nitrogens with one attached hydrogen (secondary N) is 1. The molecule has 0 saturated carbocycles. The number of likely N-dealkylation sites (tertiary alicyclic amines) is 1. The van der Waals surface area contributed by atoms with E-state index < -0.39 is 5.82 Å². The first-order valence-electron chi connectivity index (χ1n) is 9.81. The maximum Gasteiger partial charge on any atom is 0.269 e. The Morgan fingerprint density at radius 1 is 1.38 bits per heavy atom. The van der Waals surface area contributed by atoms with Gasteiger partial charge in [-0.3, -0.25) is 19.3 Å². The van der Waals surface area contributed by atoms with E-state index in [1.807, 2.05) is 0 Å². The summed E-state index contributed by atoms with van der Waals surface area (Å²) in [6, 6.07) is 3.08. The highest BCUT2D eigenvalue weighted by atomic mass is 19.1. The highest BCUT2D eigenvalue weighted by Crippen LogP contribution is 2.54. The number of halogens is 1. The van der Waals surface area contributed by atoms with E-state index in [-0.39, 0.29) is 40.9 Å². The van der Waals surface area contributed by atoms with Crippen molar-refractivity contribution in [3.05, 3.63) is 47.8 Å². The Morgan fingerprint density at radius 3 is 3.00 bits per heavy atom. The lowest BCUT2D eigenvalue weighted by molar-refractivity contribution is 0.00311. The molecule has 3 aliphatic rings. The molecular formula is C20H22FN5O3. The van der Waals surface area contributed by atoms with Crippen molar-refractivity contribution in [1.82, 2.24) is 25.0 Å². The highest BCUT2D eigenvalue weighted by Gasteiger charge is 2.63. The Bertz CT molecular complexity index is 979. The van der Waals surface area contributed by atoms with Gasteiger partial charge in [0, 0.05) is 44.4 Å². The molecular weight excluding hydrogens is 377 g/mol. The number of aromatic nitrogens is 3. The van der Waals surface area contributed by atoms with Crippen LogP contribution in [-0.2, 0) is 11.8 Å². The van der Waals surface area contributed by atoms with Crippen LogP contribution in [0.3, 0.4) is 0 Å². The minimum absolute atomic E-state index is 0.0342. The molecule has 29 heavy (non-hydrogen) atoms. The van der Waals surface area contributed by atoms with Gasteiger partial charge in [0.15, 0.2) is 5.82 Å². The van der Waals surface area contributed by atoms with Crippen LogP contribution in [0.2, 0.25) is 0 Å². The number of carbonyl (C=O) groups is 2. The topological polar surface area (TPSA) is 89.4 Å². The molecule has 2 amide bonds. The van der Waals surface area contributed by atoms with Crippen molar-refractivity contribution >= 4 is 11.8 Å². The van der Waals surface area contributed by atoms with Crippen LogP contribution in [0.5, 0.6) is 0 Å². The summed E-state index contributed by atoms with van der Waals surface area (Å²) in [5.41, 5.74) is 0.151. The van der Waals surface area contributed by atoms with E-state index in [4.69, 9.17) is 4.74 Å². The fraction of sp³-hybridized carbons (Fsp3) is 0.500. The Labute approximate surface area is 167 Å². The number of carbonyl (C=O) groups excluding carboxylic acids is 2. The van der Waals surface area contributed by atoms with Gasteiger partial charge >= 0.3 is 0 Å². The van der Waals surface area contributed by atoms with Crippen LogP contribution in [-0.4, -0.2) is 62.8 Å². The predicted molar refractivity (Wildman–Crippen MR) is 99.5 cm³/mol. The average Bonchev–Trinajstić information content (AvgIpc) is 3.46. The summed E-state index contributed by atoms with van der Waals surface area (Å²) in [5.74, 6) is -0.870. The van der Waals surface area contributed by atoms with Crippen molar-refractivity contribution in [3.63, 3.8) is 0 Å². The number of hydrogen-bond donors (Lipinski definition) is 1. The summed E-state index contributed by atoms with van der Waals surface area (Å²) >= 11 is 0. The normalized spacial score (nSPS) is 29.9. The van der Waals surface area contributed by atoms with Gasteiger partial charge in [-0.25, -0.2) is 4.39 Å². The molecule has 152 valence electrons. The summed E-state index contributed by atoms with van der Waals surface area (Å²) in [6.07, 6.45) is 5.95. The molecule has 1 spiro atoms. The molecule has 2 bridgehead atoms. The molecule has 5 rings (SSSR count). The quantitative estimate of drug-likeness (QED) is 0.829. The van der Waals surface area contributed by atoms with Crippen LogP contribution in [0.15, 0.2) is 30.7 Å². The van der Waals surface area contributed by atoms with E-state index in [2.05, 4.69) is 15.4 Å². The number of rotatable bonds is 4. The number of aryl methyl sites for hydroxylation is 1. The van der Waals surface area contributed by atoms with Crippen molar-refractivity contribution in [2.75, 3.05) is 19.6 Å². The number of ether oxygens (including phenoxy) is 1. The van der Waals surface area contributed by atoms with Gasteiger partial charge in [-0.05, 0) is 25.0 Å². The summed E-state index contributed by atoms with van der Waals surface area (Å²) < 4.78 is 21.9. The second-order valence-electron chi connectivity index (χ2n) is 8.12. The second kappa shape index (κ2) is 6.62. The number of amides is 2. The smallest absolute Gasteiger partial charge is 0.269 e. The van der Waals surface area contributed by atoms with Gasteiger partial charge in [0.1, 0.15) is 5.69 Å². The Kier molecular flexibility index (Phi) is 4.16. The SMILES string of the molecule is Cn1nccc1C(=O)NC[C@H]1[C@H]2CN(C(=O)c3ccncc3F)C[C@]23CC[C@H]1O3. The lowest BCUT2D eigenvalue weighted by Gasteiger charge is -2.29. The van der Waals surface area contributed by atoms with Crippen LogP contribution in [0.1, 0.15) is 33.7 Å². The molecule has 0 aliphatic carbocycles. The van der Waals surface area contributed by atoms with E-state index in [0.29, 0.717) is 25.3 Å². The third-order valence-corrected chi connectivity index (χ3v) is 6.63. The summed E-state index contributed by atoms with van der Waals surface area (Å²) in [7, 11) is 1.73. The monoisotopic (exact) mass is 399 g/mol. The van der Waals surface area contributed by atoms with E-state index in [9.17, 15) is 14.0 Å². The molecule has 2 aromatic rings. The number of nitrogens with zero attached hydrogens (tertiary/aromatic N) is 4. The van der Waals surface area contributed by atoms with E-state index in [0.717, 1.165) is 19.0 Å². The zero-order valence-electron chi connectivity index (χ0n) is 16.0. The fourth-order valence-corrected chi connectivity index (χ4v) is 5.23. The molecule has 5 heterocycles. The van der Waals surface area contributed by atoms with Crippen molar-refractivity contribution in [2.45, 2.75) is 24.5 Å². The zero-order chi connectivity index (χ0) is 20.2. The molecule has 0 radical (unpaired) electrons. The Hall–Kier alpha value is -2.81. The third-order valence-electron chi connectivity index (χ3n) is 6.63. The molecule has 4 atom stereocenters. The van der Waals surface area contributed by atoms with Gasteiger partial charge in [-0.2, -0.15) is 5.10 Å². The first-order valence-corrected chi connectivity index (χ1v) is 9.81. The number of fused-ring (bicyclic) bond motifs is 1. The minimum atomic E-state index is -0.614. The summed E-state index contributed by atoms with van der Waals surface area (Å²) in [5, 5.41) is 7.02. The fourth-order valence-electron chi connectivity index (χ4n) is 5.23. The zero-order valence-corrected chi connectivity index (χ0v) is 16.0. The standard InChI is InChI=1S/C20H22FN5O3/c1-25-16(4-7-24-25)18(27)23-8-13-14-10-26(11-20(14)5-2-17(13)29-20)19(28)12-3-6-22-9-15(12)21/h3-4,6-7,9,13-14,17H,2,5,8,10-11H2,1H3,(H,23,27)/t13-,14+,17+,20+/m0/s1. The predicted octanol–water partition coefficient (Wildman–Crippen LogP) is 1.00. The molecule has 3 saturated heterocycles. The first-order chi connectivity index (χ1) is 14.0. The van der Waals surface area contributed by atoms with Crippen LogP contribution < -0.4 is 5.32 Å². The van der Waals surface area contributed by atoms with Gasteiger partial charge in [0.25, 0.3) is 11.8 Å². The largest absolute Gasteiger partial charge is 0.369 e. The number of pyridine rings is 1. The van der Waals surface area contributed by atoms with Crippen molar-refractivity contribution in [3.8, 4) is 0 Å². The second-order valence-corrected chi connectivity index (χ2v) is 8.12. The van der Waals surface area contributed by atoms with Crippen LogP contribution in [0.4, 0.5) is 4.39 Å². The van der Waals surface area contributed by atoms with Gasteiger partial charge < -0.3 is 15.0 Å². The summed E-state index contributed by atoms with van der Waals surface area (Å²) in [6.45, 7) is 1.44. The molecule has 3 fully saturated rings. The lowest BCUT2D eigenvalue weighted by atomic mass is 9.73. The van der Waals surface area contributed by atoms with Gasteiger partial charge in [-0.1, -0.05) is 0 Å². The van der Waals surface area contributed by atoms with Crippen molar-refractivity contribution < 1.29 is 18.7 Å². The van der Waals surface area contributed by atoms with Gasteiger partial charge in [-0.15, -0.1) is 0 Å². The molecule has 0 aromatic carbocycles. The van der Waals surface area contributed by atoms with Gasteiger partial charge in [0.05, 0.1) is 30.0 Å². The Morgan fingerprint density at radius 2 is 2.24 bits per heavy atom. The lowest BCUT2D eigenvalue weighted by Crippen LogP contribution is -2.42. The first kappa shape index (κ1) is 18.2. The molecule has 2 aromatic heterocycles. The van der Waals surface area contributed by atoms with E-state index in [1.165, 1.54) is 16.9 Å². The molecule has 3 aliphatic heterocycles. The highest BCUT2D eigenvalue weighted by molar-refractivity contribution is 5.94. The molecule has 8 nitrogen and oxygen atoms in total. The van der Waals surface area contributed by atoms with E-state index in [1.54, 1.807) is 24.2 Å². The molecule has 1 N–H and O–H groups in total. The van der Waals surface area contributed by atoms with Crippen LogP contribution in [0.25, 0.3) is 0 Å². The minimum Gasteiger partial charge on any atom is -0.369 e. The molecule has 0 unspecified atom stereocenters. The number of hydrogen-bond acceptors (Lipinski definition) is 5. The van der Waals surface area contributed by atoms with Crippen LogP contribution >= 0.6 is 0 Å². The summed E-state index contributed by atoms with van der Waals surface area (Å²) in [4.78, 5) is 30.7. The maximum atomic E-state index is 14.0. The van der Waals surface area contributed by atoms with Crippen molar-refractivity contribution in [2.24, 2.45) is 18.9 Å². The van der Waals surface area contributed by atoms with E-state index >= 15 is 0 Å². The maximum absolute atomic E-state index is 14.0. The van der Waals surface area contributed by atoms with Crippen molar-refractivity contribution in [1.29, 1.82) is 0 Å². The average molecular weight is 399 g/mol. The van der Waals surface area contributed by atoms with Gasteiger partial charge in [0.2, 0.25) is 0 Å². The van der Waals surface area contributed by atoms with Crippen LogP contribution in [0, 0.1) is 17.7 Å².